The van der Waals surface area contributed by atoms with E-state index in [1.165, 1.54) is 46.5 Å². The van der Waals surface area contributed by atoms with Crippen molar-refractivity contribution in [2.45, 2.75) is 0 Å². The number of aromatic nitrogens is 1. The van der Waals surface area contributed by atoms with E-state index >= 15 is 0 Å². The topological polar surface area (TPSA) is 129 Å². The Labute approximate surface area is 199 Å². The Kier molecular flexibility index (Phi) is 6.36. The lowest BCUT2D eigenvalue weighted by atomic mass is 10.1. The van der Waals surface area contributed by atoms with Crippen molar-refractivity contribution < 1.29 is 14.3 Å². The third-order valence-electron chi connectivity index (χ3n) is 4.28. The standard InChI is InChI=1S/C20H11Cl2N5O5S/c21-16-7-3-13(9-17(16)22)24-20-25(23-10-15-6-8-19(32-15)27(30)31)18(11-33-20)12-1-4-14(5-2-12)26(28)29/h1-11H. The lowest BCUT2D eigenvalue weighted by molar-refractivity contribution is -0.402. The predicted octanol–water partition coefficient (Wildman–Crippen LogP) is 6.05. The highest BCUT2D eigenvalue weighted by atomic mass is 35.5. The molecular formula is C20H11Cl2N5O5S. The Bertz CT molecular complexity index is 1460. The van der Waals surface area contributed by atoms with Crippen LogP contribution in [-0.2, 0) is 0 Å². The number of benzene rings is 2. The van der Waals surface area contributed by atoms with Gasteiger partial charge in [0.15, 0.2) is 5.76 Å². The number of hydrogen-bond donors (Lipinski definition) is 0. The first-order valence-corrected chi connectivity index (χ1v) is 10.7. The first-order valence-electron chi connectivity index (χ1n) is 9.05. The van der Waals surface area contributed by atoms with E-state index in [4.69, 9.17) is 27.6 Å². The fourth-order valence-corrected chi connectivity index (χ4v) is 3.88. The maximum atomic E-state index is 11.0. The minimum atomic E-state index is -0.650. The van der Waals surface area contributed by atoms with Gasteiger partial charge in [-0.2, -0.15) is 5.10 Å². The van der Waals surface area contributed by atoms with Crippen LogP contribution >= 0.6 is 34.5 Å². The number of rotatable bonds is 6. The summed E-state index contributed by atoms with van der Waals surface area (Å²) in [5.74, 6) is -0.251. The Morgan fingerprint density at radius 1 is 0.970 bits per heavy atom. The molecule has 0 saturated heterocycles. The van der Waals surface area contributed by atoms with Crippen LogP contribution in [0.1, 0.15) is 5.76 Å². The number of nitro groups is 2. The summed E-state index contributed by atoms with van der Waals surface area (Å²) in [6.45, 7) is 0. The van der Waals surface area contributed by atoms with Gasteiger partial charge in [0.2, 0.25) is 4.80 Å². The van der Waals surface area contributed by atoms with Gasteiger partial charge in [0, 0.05) is 23.1 Å². The van der Waals surface area contributed by atoms with Crippen molar-refractivity contribution in [1.29, 1.82) is 0 Å². The fraction of sp³-hybridized carbons (Fsp3) is 0. The van der Waals surface area contributed by atoms with Crippen molar-refractivity contribution in [3.8, 4) is 11.3 Å². The van der Waals surface area contributed by atoms with Crippen molar-refractivity contribution in [3.63, 3.8) is 0 Å². The van der Waals surface area contributed by atoms with Crippen LogP contribution in [0.3, 0.4) is 0 Å². The lowest BCUT2D eigenvalue weighted by Crippen LogP contribution is -2.11. The van der Waals surface area contributed by atoms with Gasteiger partial charge in [0.05, 0.1) is 38.6 Å². The van der Waals surface area contributed by atoms with Crippen LogP contribution in [-0.4, -0.2) is 20.7 Å². The van der Waals surface area contributed by atoms with Crippen LogP contribution in [0.25, 0.3) is 11.3 Å². The molecule has 10 nitrogen and oxygen atoms in total. The highest BCUT2D eigenvalue weighted by Crippen LogP contribution is 2.27. The Balaban J connectivity index is 1.81. The highest BCUT2D eigenvalue weighted by molar-refractivity contribution is 7.07. The number of hydrogen-bond acceptors (Lipinski definition) is 8. The van der Waals surface area contributed by atoms with E-state index in [-0.39, 0.29) is 11.4 Å². The molecule has 0 atom stereocenters. The second kappa shape index (κ2) is 9.36. The Morgan fingerprint density at radius 3 is 2.36 bits per heavy atom. The van der Waals surface area contributed by atoms with E-state index in [2.05, 4.69) is 10.1 Å². The van der Waals surface area contributed by atoms with E-state index < -0.39 is 15.7 Å². The molecule has 0 N–H and O–H groups in total. The molecule has 0 saturated carbocycles. The molecule has 0 fully saturated rings. The number of furan rings is 1. The molecule has 0 aliphatic carbocycles. The summed E-state index contributed by atoms with van der Waals surface area (Å²) < 4.78 is 6.61. The van der Waals surface area contributed by atoms with Crippen LogP contribution in [0.5, 0.6) is 0 Å². The number of thiazole rings is 1. The molecule has 0 spiro atoms. The van der Waals surface area contributed by atoms with Crippen LogP contribution in [0, 0.1) is 20.2 Å². The lowest BCUT2D eigenvalue weighted by Gasteiger charge is -2.03. The zero-order valence-electron chi connectivity index (χ0n) is 16.3. The van der Waals surface area contributed by atoms with Crippen molar-refractivity contribution in [1.82, 2.24) is 4.68 Å². The van der Waals surface area contributed by atoms with E-state index in [1.807, 2.05) is 0 Å². The monoisotopic (exact) mass is 503 g/mol. The van der Waals surface area contributed by atoms with Crippen molar-refractivity contribution in [2.24, 2.45) is 10.1 Å². The maximum Gasteiger partial charge on any atom is 0.433 e. The van der Waals surface area contributed by atoms with Gasteiger partial charge in [-0.05, 0) is 36.4 Å². The van der Waals surface area contributed by atoms with Gasteiger partial charge < -0.3 is 4.42 Å². The van der Waals surface area contributed by atoms with Crippen LogP contribution in [0.15, 0.2) is 74.5 Å². The molecule has 13 heteroatoms. The van der Waals surface area contributed by atoms with Gasteiger partial charge in [0.1, 0.15) is 4.92 Å². The average Bonchev–Trinajstić information content (AvgIpc) is 3.42. The molecule has 0 bridgehead atoms. The summed E-state index contributed by atoms with van der Waals surface area (Å²) in [7, 11) is 0. The Morgan fingerprint density at radius 2 is 1.73 bits per heavy atom. The molecule has 0 aliphatic heterocycles. The van der Waals surface area contributed by atoms with Gasteiger partial charge >= 0.3 is 5.88 Å². The quantitative estimate of drug-likeness (QED) is 0.179. The predicted molar refractivity (Wildman–Crippen MR) is 124 cm³/mol. The SMILES string of the molecule is O=[N+]([O-])c1ccc(-c2csc(=Nc3ccc(Cl)c(Cl)c3)n2N=Cc2ccc([N+](=O)[O-])o2)cc1. The number of halogens is 2. The smallest absolute Gasteiger partial charge is 0.400 e. The number of non-ortho nitro benzene ring substituents is 1. The number of nitrogens with zero attached hydrogens (tertiary/aromatic N) is 5. The minimum Gasteiger partial charge on any atom is -0.400 e. The van der Waals surface area contributed by atoms with E-state index in [0.29, 0.717) is 31.8 Å². The average molecular weight is 504 g/mol. The Hall–Kier alpha value is -3.80. The molecule has 166 valence electrons. The third kappa shape index (κ3) is 5.00. The van der Waals surface area contributed by atoms with E-state index in [0.717, 1.165) is 0 Å². The normalized spacial score (nSPS) is 11.9. The molecule has 0 amide bonds. The van der Waals surface area contributed by atoms with E-state index in [1.54, 1.807) is 35.7 Å². The molecule has 2 aromatic heterocycles. The van der Waals surface area contributed by atoms with Gasteiger partial charge in [-0.1, -0.05) is 23.2 Å². The van der Waals surface area contributed by atoms with E-state index in [9.17, 15) is 20.2 Å². The van der Waals surface area contributed by atoms with Crippen molar-refractivity contribution >= 4 is 58.0 Å². The molecular weight excluding hydrogens is 493 g/mol. The van der Waals surface area contributed by atoms with Gasteiger partial charge in [0.25, 0.3) is 5.69 Å². The molecule has 0 unspecified atom stereocenters. The highest BCUT2D eigenvalue weighted by Gasteiger charge is 2.13. The molecule has 0 radical (unpaired) electrons. The molecule has 4 rings (SSSR count). The summed E-state index contributed by atoms with van der Waals surface area (Å²) in [5, 5.41) is 28.7. The summed E-state index contributed by atoms with van der Waals surface area (Å²) in [4.78, 5) is 25.7. The van der Waals surface area contributed by atoms with Gasteiger partial charge in [-0.3, -0.25) is 20.2 Å². The molecule has 33 heavy (non-hydrogen) atoms. The second-order valence-corrected chi connectivity index (χ2v) is 8.06. The van der Waals surface area contributed by atoms with Crippen LogP contribution in [0.2, 0.25) is 10.0 Å². The maximum absolute atomic E-state index is 11.0. The zero-order valence-corrected chi connectivity index (χ0v) is 18.6. The largest absolute Gasteiger partial charge is 0.433 e. The first-order chi connectivity index (χ1) is 15.8. The van der Waals surface area contributed by atoms with Gasteiger partial charge in [-0.15, -0.1) is 11.3 Å². The molecule has 2 heterocycles. The van der Waals surface area contributed by atoms with Crippen LogP contribution < -0.4 is 4.80 Å². The molecule has 4 aromatic rings. The summed E-state index contributed by atoms with van der Waals surface area (Å²) in [6, 6.07) is 13.5. The summed E-state index contributed by atoms with van der Waals surface area (Å²) >= 11 is 13.3. The third-order valence-corrected chi connectivity index (χ3v) is 5.84. The first kappa shape index (κ1) is 22.4. The zero-order chi connectivity index (χ0) is 23.5. The van der Waals surface area contributed by atoms with Crippen molar-refractivity contribution in [3.05, 3.63) is 101 Å². The second-order valence-electron chi connectivity index (χ2n) is 6.41. The molecule has 2 aromatic carbocycles. The minimum absolute atomic E-state index is 0.0485. The van der Waals surface area contributed by atoms with Crippen molar-refractivity contribution in [2.75, 3.05) is 0 Å². The van der Waals surface area contributed by atoms with Crippen LogP contribution in [0.4, 0.5) is 17.3 Å². The van der Waals surface area contributed by atoms with Gasteiger partial charge in [-0.25, -0.2) is 9.67 Å². The summed E-state index contributed by atoms with van der Waals surface area (Å²) in [6.07, 6.45) is 1.31. The molecule has 0 aliphatic rings. The number of nitro benzene ring substituents is 1. The summed E-state index contributed by atoms with van der Waals surface area (Å²) in [5.41, 5.74) is 1.72. The fourth-order valence-electron chi connectivity index (χ4n) is 2.73.